The van der Waals surface area contributed by atoms with E-state index in [1.807, 2.05) is 0 Å². The first-order valence-electron chi connectivity index (χ1n) is 9.46. The monoisotopic (exact) mass is 294 g/mol. The van der Waals surface area contributed by atoms with Crippen molar-refractivity contribution in [2.75, 3.05) is 0 Å². The Morgan fingerprint density at radius 3 is 1.57 bits per heavy atom. The first-order valence-corrected chi connectivity index (χ1v) is 9.46. The number of ether oxygens (including phenoxy) is 1. The lowest BCUT2D eigenvalue weighted by Crippen LogP contribution is -2.09. The number of hydrogen-bond acceptors (Lipinski definition) is 1. The summed E-state index contributed by atoms with van der Waals surface area (Å²) in [6.45, 7) is 4.47. The van der Waals surface area contributed by atoms with E-state index >= 15 is 0 Å². The molecule has 0 N–H and O–H groups in total. The van der Waals surface area contributed by atoms with Gasteiger partial charge in [0.25, 0.3) is 0 Å². The van der Waals surface area contributed by atoms with Gasteiger partial charge in [-0.05, 0) is 19.3 Å². The van der Waals surface area contributed by atoms with Crippen LogP contribution in [0.5, 0.6) is 0 Å². The number of rotatable bonds is 16. The predicted octanol–water partition coefficient (Wildman–Crippen LogP) is 6.85. The highest BCUT2D eigenvalue weighted by Gasteiger charge is 2.06. The van der Waals surface area contributed by atoms with Gasteiger partial charge in [0, 0.05) is 0 Å². The molecule has 0 saturated carbocycles. The summed E-state index contributed by atoms with van der Waals surface area (Å²) in [7, 11) is 0. The molecule has 0 heterocycles. The van der Waals surface area contributed by atoms with E-state index in [0.29, 0.717) is 6.10 Å². The maximum Gasteiger partial charge on any atom is 0.110 e. The second-order valence-electron chi connectivity index (χ2n) is 6.32. The largest absolute Gasteiger partial charge is 0.443 e. The van der Waals surface area contributed by atoms with Gasteiger partial charge in [0.05, 0.1) is 0 Å². The first kappa shape index (κ1) is 20.4. The maximum absolute atomic E-state index is 5.31. The Hall–Kier alpha value is -0.640. The molecule has 124 valence electrons. The molecule has 0 aliphatic heterocycles. The molecule has 1 heteroatoms. The minimum Gasteiger partial charge on any atom is -0.443 e. The molecule has 1 atom stereocenters. The van der Waals surface area contributed by atoms with Crippen LogP contribution < -0.4 is 0 Å². The van der Waals surface area contributed by atoms with Gasteiger partial charge in [0.2, 0.25) is 0 Å². The Labute approximate surface area is 134 Å². The van der Waals surface area contributed by atoms with E-state index in [0.717, 1.165) is 19.3 Å². The van der Waals surface area contributed by atoms with Crippen LogP contribution in [-0.2, 0) is 4.74 Å². The van der Waals surface area contributed by atoms with Crippen molar-refractivity contribution in [3.05, 3.63) is 0 Å². The summed E-state index contributed by atoms with van der Waals surface area (Å²) in [6.07, 6.45) is 28.1. The van der Waals surface area contributed by atoms with E-state index < -0.39 is 0 Å². The summed E-state index contributed by atoms with van der Waals surface area (Å²) < 4.78 is 5.31. The Morgan fingerprint density at radius 1 is 0.667 bits per heavy atom. The topological polar surface area (TPSA) is 9.23 Å². The molecule has 0 saturated heterocycles. The third-order valence-electron chi connectivity index (χ3n) is 4.23. The Morgan fingerprint density at radius 2 is 1.14 bits per heavy atom. The molecule has 0 radical (unpaired) electrons. The van der Waals surface area contributed by atoms with Crippen LogP contribution in [-0.4, -0.2) is 6.10 Å². The van der Waals surface area contributed by atoms with Gasteiger partial charge >= 0.3 is 0 Å². The lowest BCUT2D eigenvalue weighted by molar-refractivity contribution is 0.143. The molecule has 0 aromatic rings. The summed E-state index contributed by atoms with van der Waals surface area (Å²) in [6, 6.07) is 0. The number of hydrogen-bond donors (Lipinski definition) is 0. The van der Waals surface area contributed by atoms with Crippen LogP contribution in [0.1, 0.15) is 110 Å². The average molecular weight is 295 g/mol. The van der Waals surface area contributed by atoms with Crippen LogP contribution in [0.3, 0.4) is 0 Å². The van der Waals surface area contributed by atoms with Crippen LogP contribution in [0, 0.1) is 12.5 Å². The van der Waals surface area contributed by atoms with Crippen LogP contribution in [0.4, 0.5) is 0 Å². The van der Waals surface area contributed by atoms with Crippen molar-refractivity contribution >= 4 is 0 Å². The summed E-state index contributed by atoms with van der Waals surface area (Å²) in [4.78, 5) is 0. The fourth-order valence-corrected chi connectivity index (χ4v) is 2.89. The zero-order valence-corrected chi connectivity index (χ0v) is 14.7. The third-order valence-corrected chi connectivity index (χ3v) is 4.23. The average Bonchev–Trinajstić information content (AvgIpc) is 2.48. The van der Waals surface area contributed by atoms with Gasteiger partial charge < -0.3 is 4.74 Å². The molecule has 1 unspecified atom stereocenters. The van der Waals surface area contributed by atoms with Crippen LogP contribution >= 0.6 is 0 Å². The number of unbranched alkanes of at least 4 members (excludes halogenated alkanes) is 11. The lowest BCUT2D eigenvalue weighted by atomic mass is 10.0. The maximum atomic E-state index is 5.31. The predicted molar refractivity (Wildman–Crippen MR) is 94.3 cm³/mol. The molecule has 0 aliphatic rings. The van der Waals surface area contributed by atoms with Crippen molar-refractivity contribution in [2.45, 2.75) is 116 Å². The molecular formula is C20H38O. The van der Waals surface area contributed by atoms with Crippen LogP contribution in [0.2, 0.25) is 0 Å². The van der Waals surface area contributed by atoms with Gasteiger partial charge in [-0.2, -0.15) is 0 Å². The number of terminal acetylenes is 1. The fraction of sp³-hybridized carbons (Fsp3) is 0.900. The van der Waals surface area contributed by atoms with Crippen LogP contribution in [0.25, 0.3) is 0 Å². The van der Waals surface area contributed by atoms with Gasteiger partial charge in [-0.1, -0.05) is 97.3 Å². The van der Waals surface area contributed by atoms with Gasteiger partial charge in [0.1, 0.15) is 12.2 Å². The van der Waals surface area contributed by atoms with Gasteiger partial charge in [-0.25, -0.2) is 0 Å². The SMILES string of the molecule is C#COC(CCC)CCCCCCCCCCCCCC. The zero-order valence-electron chi connectivity index (χ0n) is 14.7. The van der Waals surface area contributed by atoms with Crippen molar-refractivity contribution in [2.24, 2.45) is 0 Å². The molecule has 0 spiro atoms. The quantitative estimate of drug-likeness (QED) is 0.223. The minimum atomic E-state index is 0.295. The smallest absolute Gasteiger partial charge is 0.110 e. The Bertz CT molecular complexity index is 228. The molecule has 0 amide bonds. The highest BCUT2D eigenvalue weighted by atomic mass is 16.5. The molecule has 0 bridgehead atoms. The van der Waals surface area contributed by atoms with Crippen molar-refractivity contribution < 1.29 is 4.74 Å². The first-order chi connectivity index (χ1) is 10.3. The van der Waals surface area contributed by atoms with E-state index in [1.165, 1.54) is 77.0 Å². The van der Waals surface area contributed by atoms with Gasteiger partial charge in [-0.3, -0.25) is 0 Å². The van der Waals surface area contributed by atoms with Gasteiger partial charge in [-0.15, -0.1) is 0 Å². The van der Waals surface area contributed by atoms with Crippen molar-refractivity contribution in [3.8, 4) is 12.5 Å². The lowest BCUT2D eigenvalue weighted by Gasteiger charge is -2.13. The van der Waals surface area contributed by atoms with Crippen molar-refractivity contribution in [3.63, 3.8) is 0 Å². The molecule has 0 aromatic carbocycles. The van der Waals surface area contributed by atoms with E-state index in [1.54, 1.807) is 0 Å². The molecular weight excluding hydrogens is 256 g/mol. The van der Waals surface area contributed by atoms with Crippen molar-refractivity contribution in [1.82, 2.24) is 0 Å². The van der Waals surface area contributed by atoms with E-state index in [9.17, 15) is 0 Å². The highest BCUT2D eigenvalue weighted by molar-refractivity contribution is 4.73. The molecule has 0 rings (SSSR count). The van der Waals surface area contributed by atoms with Crippen molar-refractivity contribution in [1.29, 1.82) is 0 Å². The minimum absolute atomic E-state index is 0.295. The standard InChI is InChI=1S/C20H38O/c1-4-7-8-9-10-11-12-13-14-15-16-17-19-20(18-5-2)21-6-3/h3,20H,4-5,7-19H2,1-2H3. The summed E-state index contributed by atoms with van der Waals surface area (Å²) in [5, 5.41) is 0. The van der Waals surface area contributed by atoms with Gasteiger partial charge in [0.15, 0.2) is 0 Å². The Balaban J connectivity index is 3.19. The second-order valence-corrected chi connectivity index (χ2v) is 6.32. The summed E-state index contributed by atoms with van der Waals surface area (Å²) >= 11 is 0. The molecule has 0 aliphatic carbocycles. The molecule has 1 nitrogen and oxygen atoms in total. The summed E-state index contributed by atoms with van der Waals surface area (Å²) in [5.74, 6) is 0. The third kappa shape index (κ3) is 15.6. The van der Waals surface area contributed by atoms with E-state index in [-0.39, 0.29) is 0 Å². The molecule has 0 fully saturated rings. The van der Waals surface area contributed by atoms with E-state index in [4.69, 9.17) is 11.2 Å². The van der Waals surface area contributed by atoms with E-state index in [2.05, 4.69) is 20.0 Å². The second kappa shape index (κ2) is 17.4. The summed E-state index contributed by atoms with van der Waals surface area (Å²) in [5.41, 5.74) is 0. The Kier molecular flexibility index (Phi) is 16.9. The normalized spacial score (nSPS) is 12.0. The highest BCUT2D eigenvalue weighted by Crippen LogP contribution is 2.15. The molecule has 0 aromatic heterocycles. The fourth-order valence-electron chi connectivity index (χ4n) is 2.89. The molecule has 21 heavy (non-hydrogen) atoms. The zero-order chi connectivity index (χ0) is 15.6. The van der Waals surface area contributed by atoms with Crippen LogP contribution in [0.15, 0.2) is 0 Å².